The van der Waals surface area contributed by atoms with E-state index in [1.165, 1.54) is 18.7 Å². The Morgan fingerprint density at radius 3 is 2.71 bits per heavy atom. The zero-order chi connectivity index (χ0) is 9.54. The van der Waals surface area contributed by atoms with Crippen LogP contribution in [-0.4, -0.2) is 27.9 Å². The van der Waals surface area contributed by atoms with Crippen LogP contribution in [0.3, 0.4) is 0 Å². The van der Waals surface area contributed by atoms with Gasteiger partial charge in [-0.3, -0.25) is 0 Å². The van der Waals surface area contributed by atoms with Gasteiger partial charge in [-0.25, -0.2) is 0 Å². The van der Waals surface area contributed by atoms with Gasteiger partial charge in [0.2, 0.25) is 0 Å². The van der Waals surface area contributed by atoms with Crippen molar-refractivity contribution in [1.82, 2.24) is 20.1 Å². The van der Waals surface area contributed by atoms with Gasteiger partial charge in [-0.05, 0) is 25.7 Å². The van der Waals surface area contributed by atoms with Crippen molar-refractivity contribution in [1.29, 1.82) is 0 Å². The normalized spacial score (nSPS) is 22.4. The molecule has 0 unspecified atom stereocenters. The first kappa shape index (κ1) is 8.41. The van der Waals surface area contributed by atoms with E-state index >= 15 is 0 Å². The molecule has 3 rings (SSSR count). The summed E-state index contributed by atoms with van der Waals surface area (Å²) in [6.45, 7) is 5.35. The summed E-state index contributed by atoms with van der Waals surface area (Å²) >= 11 is 0. The van der Waals surface area contributed by atoms with Gasteiger partial charge in [0.1, 0.15) is 11.6 Å². The summed E-state index contributed by atoms with van der Waals surface area (Å²) < 4.78 is 2.32. The Morgan fingerprint density at radius 1 is 1.36 bits per heavy atom. The van der Waals surface area contributed by atoms with Crippen LogP contribution in [0, 0.1) is 12.8 Å². The van der Waals surface area contributed by atoms with E-state index in [2.05, 4.69) is 27.0 Å². The number of aryl methyl sites for hydroxylation is 1. The SMILES string of the molecule is Cc1nnc(C2CNC2)n1CC1CC1. The van der Waals surface area contributed by atoms with Crippen molar-refractivity contribution in [3.05, 3.63) is 11.6 Å². The van der Waals surface area contributed by atoms with Crippen molar-refractivity contribution in [2.24, 2.45) is 5.92 Å². The lowest BCUT2D eigenvalue weighted by Crippen LogP contribution is -2.41. The van der Waals surface area contributed by atoms with Crippen molar-refractivity contribution in [3.63, 3.8) is 0 Å². The number of rotatable bonds is 3. The molecule has 4 nitrogen and oxygen atoms in total. The van der Waals surface area contributed by atoms with Crippen LogP contribution in [0.2, 0.25) is 0 Å². The van der Waals surface area contributed by atoms with Crippen LogP contribution >= 0.6 is 0 Å². The maximum atomic E-state index is 4.29. The van der Waals surface area contributed by atoms with Gasteiger partial charge in [-0.1, -0.05) is 0 Å². The average molecular weight is 192 g/mol. The smallest absolute Gasteiger partial charge is 0.138 e. The summed E-state index contributed by atoms with van der Waals surface area (Å²) in [5, 5.41) is 11.8. The lowest BCUT2D eigenvalue weighted by Gasteiger charge is -2.26. The molecule has 4 heteroatoms. The minimum absolute atomic E-state index is 0.606. The molecule has 1 N–H and O–H groups in total. The minimum Gasteiger partial charge on any atom is -0.315 e. The van der Waals surface area contributed by atoms with Crippen molar-refractivity contribution < 1.29 is 0 Å². The summed E-state index contributed by atoms with van der Waals surface area (Å²) in [5.41, 5.74) is 0. The van der Waals surface area contributed by atoms with Gasteiger partial charge < -0.3 is 9.88 Å². The molecule has 1 aliphatic carbocycles. The Labute approximate surface area is 83.7 Å². The third kappa shape index (κ3) is 1.34. The molecule has 1 aromatic heterocycles. The molecule has 2 fully saturated rings. The maximum absolute atomic E-state index is 4.29. The van der Waals surface area contributed by atoms with Crippen LogP contribution in [0.25, 0.3) is 0 Å². The van der Waals surface area contributed by atoms with E-state index < -0.39 is 0 Å². The monoisotopic (exact) mass is 192 g/mol. The second-order valence-electron chi connectivity index (χ2n) is 4.51. The topological polar surface area (TPSA) is 42.7 Å². The number of hydrogen-bond acceptors (Lipinski definition) is 3. The van der Waals surface area contributed by atoms with Crippen molar-refractivity contribution in [2.45, 2.75) is 32.2 Å². The molecular weight excluding hydrogens is 176 g/mol. The minimum atomic E-state index is 0.606. The average Bonchev–Trinajstić information content (AvgIpc) is 2.82. The second-order valence-corrected chi connectivity index (χ2v) is 4.51. The van der Waals surface area contributed by atoms with Crippen molar-refractivity contribution in [3.8, 4) is 0 Å². The third-order valence-electron chi connectivity index (χ3n) is 3.25. The molecule has 0 bridgehead atoms. The first-order valence-corrected chi connectivity index (χ1v) is 5.45. The van der Waals surface area contributed by atoms with Crippen molar-refractivity contribution in [2.75, 3.05) is 13.1 Å². The van der Waals surface area contributed by atoms with Gasteiger partial charge in [0.15, 0.2) is 0 Å². The lowest BCUT2D eigenvalue weighted by atomic mass is 10.0. The largest absolute Gasteiger partial charge is 0.315 e. The summed E-state index contributed by atoms with van der Waals surface area (Å²) in [6, 6.07) is 0. The van der Waals surface area contributed by atoms with E-state index in [4.69, 9.17) is 0 Å². The van der Waals surface area contributed by atoms with Crippen LogP contribution in [0.15, 0.2) is 0 Å². The Morgan fingerprint density at radius 2 is 2.14 bits per heavy atom. The molecule has 76 valence electrons. The highest BCUT2D eigenvalue weighted by molar-refractivity contribution is 5.07. The fourth-order valence-electron chi connectivity index (χ4n) is 1.95. The van der Waals surface area contributed by atoms with Crippen LogP contribution < -0.4 is 5.32 Å². The molecule has 0 aromatic carbocycles. The summed E-state index contributed by atoms with van der Waals surface area (Å²) in [6.07, 6.45) is 2.78. The number of nitrogens with zero attached hydrogens (tertiary/aromatic N) is 3. The number of nitrogens with one attached hydrogen (secondary N) is 1. The highest BCUT2D eigenvalue weighted by Crippen LogP contribution is 2.32. The van der Waals surface area contributed by atoms with Crippen LogP contribution in [0.1, 0.15) is 30.4 Å². The van der Waals surface area contributed by atoms with Gasteiger partial charge in [-0.15, -0.1) is 10.2 Å². The Bertz CT molecular complexity index is 336. The summed E-state index contributed by atoms with van der Waals surface area (Å²) in [7, 11) is 0. The highest BCUT2D eigenvalue weighted by Gasteiger charge is 2.29. The standard InChI is InChI=1S/C10H16N4/c1-7-12-13-10(9-4-11-5-9)14(7)6-8-2-3-8/h8-9,11H,2-6H2,1H3. The molecule has 1 saturated carbocycles. The quantitative estimate of drug-likeness (QED) is 0.766. The van der Waals surface area contributed by atoms with E-state index in [1.54, 1.807) is 0 Å². The zero-order valence-electron chi connectivity index (χ0n) is 8.53. The number of aromatic nitrogens is 3. The first-order chi connectivity index (χ1) is 6.84. The van der Waals surface area contributed by atoms with Gasteiger partial charge in [0.25, 0.3) is 0 Å². The van der Waals surface area contributed by atoms with Crippen molar-refractivity contribution >= 4 is 0 Å². The van der Waals surface area contributed by atoms with Gasteiger partial charge in [0.05, 0.1) is 0 Å². The molecule has 1 saturated heterocycles. The highest BCUT2D eigenvalue weighted by atomic mass is 15.3. The molecular formula is C10H16N4. The lowest BCUT2D eigenvalue weighted by molar-refractivity contribution is 0.408. The molecule has 1 aromatic rings. The molecule has 0 radical (unpaired) electrons. The second kappa shape index (κ2) is 3.05. The fourth-order valence-corrected chi connectivity index (χ4v) is 1.95. The van der Waals surface area contributed by atoms with E-state index in [0.29, 0.717) is 5.92 Å². The van der Waals surface area contributed by atoms with E-state index in [9.17, 15) is 0 Å². The molecule has 2 heterocycles. The van der Waals surface area contributed by atoms with E-state index in [0.717, 1.165) is 31.4 Å². The van der Waals surface area contributed by atoms with Crippen LogP contribution in [-0.2, 0) is 6.54 Å². The molecule has 0 spiro atoms. The molecule has 2 aliphatic rings. The first-order valence-electron chi connectivity index (χ1n) is 5.45. The predicted molar refractivity (Wildman–Crippen MR) is 53.1 cm³/mol. The summed E-state index contributed by atoms with van der Waals surface area (Å²) in [5.74, 6) is 3.79. The van der Waals surface area contributed by atoms with Gasteiger partial charge in [0, 0.05) is 25.6 Å². The molecule has 0 amide bonds. The molecule has 14 heavy (non-hydrogen) atoms. The predicted octanol–water partition coefficient (Wildman–Crippen LogP) is 0.683. The van der Waals surface area contributed by atoms with E-state index in [1.807, 2.05) is 0 Å². The van der Waals surface area contributed by atoms with E-state index in [-0.39, 0.29) is 0 Å². The Balaban J connectivity index is 1.85. The maximum Gasteiger partial charge on any atom is 0.138 e. The van der Waals surface area contributed by atoms with Gasteiger partial charge >= 0.3 is 0 Å². The number of hydrogen-bond donors (Lipinski definition) is 1. The zero-order valence-corrected chi connectivity index (χ0v) is 8.53. The Hall–Kier alpha value is -0.900. The fraction of sp³-hybridized carbons (Fsp3) is 0.800. The third-order valence-corrected chi connectivity index (χ3v) is 3.25. The van der Waals surface area contributed by atoms with Crippen LogP contribution in [0.5, 0.6) is 0 Å². The Kier molecular flexibility index (Phi) is 1.83. The molecule has 0 atom stereocenters. The van der Waals surface area contributed by atoms with Gasteiger partial charge in [-0.2, -0.15) is 0 Å². The summed E-state index contributed by atoms with van der Waals surface area (Å²) in [4.78, 5) is 0. The molecule has 1 aliphatic heterocycles. The van der Waals surface area contributed by atoms with Crippen LogP contribution in [0.4, 0.5) is 0 Å².